The molecule has 0 aromatic heterocycles. The van der Waals surface area contributed by atoms with Gasteiger partial charge in [-0.2, -0.15) is 0 Å². The van der Waals surface area contributed by atoms with Crippen LogP contribution < -0.4 is 5.46 Å². The summed E-state index contributed by atoms with van der Waals surface area (Å²) in [6.07, 6.45) is 0. The van der Waals surface area contributed by atoms with Gasteiger partial charge in [0.05, 0.1) is 0 Å². The fourth-order valence-electron chi connectivity index (χ4n) is 1.07. The van der Waals surface area contributed by atoms with Gasteiger partial charge in [-0.1, -0.05) is 24.3 Å². The molecule has 5 nitrogen and oxygen atoms in total. The fraction of sp³-hybridized carbons (Fsp3) is 0.143. The number of hydrogen-bond acceptors (Lipinski definition) is 4. The molecule has 0 atom stereocenters. The fourth-order valence-corrected chi connectivity index (χ4v) is 1.07. The first-order valence-electron chi connectivity index (χ1n) is 3.67. The van der Waals surface area contributed by atoms with E-state index >= 15 is 0 Å². The second-order valence-electron chi connectivity index (χ2n) is 2.56. The highest BCUT2D eigenvalue weighted by molar-refractivity contribution is 6.59. The lowest BCUT2D eigenvalue weighted by molar-refractivity contribution is -0.496. The second-order valence-corrected chi connectivity index (χ2v) is 2.56. The van der Waals surface area contributed by atoms with Gasteiger partial charge in [-0.3, -0.25) is 10.1 Å². The van der Waals surface area contributed by atoms with Crippen molar-refractivity contribution in [3.8, 4) is 0 Å². The number of nitro groups is 1. The van der Waals surface area contributed by atoms with Crippen LogP contribution in [-0.4, -0.2) is 22.1 Å². The van der Waals surface area contributed by atoms with Crippen molar-refractivity contribution in [2.24, 2.45) is 0 Å². The van der Waals surface area contributed by atoms with E-state index in [2.05, 4.69) is 0 Å². The van der Waals surface area contributed by atoms with Crippen molar-refractivity contribution in [2.75, 3.05) is 0 Å². The van der Waals surface area contributed by atoms with E-state index in [1.54, 1.807) is 12.1 Å². The van der Waals surface area contributed by atoms with E-state index in [1.807, 2.05) is 0 Å². The largest absolute Gasteiger partial charge is 0.488 e. The first-order valence-corrected chi connectivity index (χ1v) is 3.67. The molecule has 1 aromatic rings. The molecular weight excluding hydrogens is 173 g/mol. The summed E-state index contributed by atoms with van der Waals surface area (Å²) in [6.45, 7) is -0.395. The van der Waals surface area contributed by atoms with Crippen LogP contribution in [0.4, 0.5) is 0 Å². The molecular formula is C7H8BNO4. The lowest BCUT2D eigenvalue weighted by atomic mass is 9.77. The van der Waals surface area contributed by atoms with Crippen molar-refractivity contribution in [3.63, 3.8) is 0 Å². The summed E-state index contributed by atoms with van der Waals surface area (Å²) in [5.41, 5.74) is 0.502. The molecule has 0 amide bonds. The Morgan fingerprint density at radius 2 is 2.00 bits per heavy atom. The summed E-state index contributed by atoms with van der Waals surface area (Å²) in [7, 11) is -1.66. The molecule has 0 saturated carbocycles. The zero-order valence-corrected chi connectivity index (χ0v) is 6.75. The Hall–Kier alpha value is -1.40. The van der Waals surface area contributed by atoms with Crippen LogP contribution in [0.2, 0.25) is 0 Å². The zero-order valence-electron chi connectivity index (χ0n) is 6.75. The predicted molar refractivity (Wildman–Crippen MR) is 47.0 cm³/mol. The van der Waals surface area contributed by atoms with Crippen molar-refractivity contribution in [1.29, 1.82) is 0 Å². The van der Waals surface area contributed by atoms with Gasteiger partial charge in [0.2, 0.25) is 6.54 Å². The Kier molecular flexibility index (Phi) is 3.00. The van der Waals surface area contributed by atoms with Crippen LogP contribution in [0.1, 0.15) is 5.56 Å². The number of rotatable bonds is 3. The summed E-state index contributed by atoms with van der Waals surface area (Å²) in [4.78, 5) is 9.67. The van der Waals surface area contributed by atoms with Crippen LogP contribution in [-0.2, 0) is 6.54 Å². The zero-order chi connectivity index (χ0) is 9.84. The number of nitrogens with zero attached hydrogens (tertiary/aromatic N) is 1. The molecule has 0 fully saturated rings. The van der Waals surface area contributed by atoms with E-state index in [1.165, 1.54) is 12.1 Å². The first-order chi connectivity index (χ1) is 6.11. The van der Waals surface area contributed by atoms with Crippen molar-refractivity contribution in [3.05, 3.63) is 39.9 Å². The van der Waals surface area contributed by atoms with Gasteiger partial charge in [-0.05, 0) is 5.46 Å². The minimum absolute atomic E-state index is 0.180. The highest BCUT2D eigenvalue weighted by Crippen LogP contribution is 1.98. The molecule has 0 aliphatic carbocycles. The summed E-state index contributed by atoms with van der Waals surface area (Å²) < 4.78 is 0. The van der Waals surface area contributed by atoms with E-state index in [0.29, 0.717) is 5.56 Å². The highest BCUT2D eigenvalue weighted by atomic mass is 16.6. The molecule has 0 aliphatic heterocycles. The molecule has 0 radical (unpaired) electrons. The Labute approximate surface area is 74.9 Å². The van der Waals surface area contributed by atoms with E-state index in [4.69, 9.17) is 10.0 Å². The summed E-state index contributed by atoms with van der Waals surface area (Å²) >= 11 is 0. The minimum Gasteiger partial charge on any atom is -0.423 e. The lowest BCUT2D eigenvalue weighted by Crippen LogP contribution is -2.33. The summed E-state index contributed by atoms with van der Waals surface area (Å²) in [5.74, 6) is 0. The maximum atomic E-state index is 10.2. The summed E-state index contributed by atoms with van der Waals surface area (Å²) in [5, 5.41) is 27.9. The highest BCUT2D eigenvalue weighted by Gasteiger charge is 2.17. The van der Waals surface area contributed by atoms with Gasteiger partial charge in [-0.25, -0.2) is 0 Å². The Morgan fingerprint density at radius 1 is 1.38 bits per heavy atom. The molecule has 68 valence electrons. The van der Waals surface area contributed by atoms with Gasteiger partial charge in [0.25, 0.3) is 0 Å². The molecule has 0 saturated heterocycles. The van der Waals surface area contributed by atoms with Gasteiger partial charge >= 0.3 is 7.12 Å². The Bertz CT molecular complexity index is 315. The molecule has 1 rings (SSSR count). The lowest BCUT2D eigenvalue weighted by Gasteiger charge is -2.03. The Balaban J connectivity index is 2.97. The second kappa shape index (κ2) is 4.02. The third-order valence-corrected chi connectivity index (χ3v) is 1.63. The van der Waals surface area contributed by atoms with E-state index in [9.17, 15) is 10.1 Å². The molecule has 0 heterocycles. The molecule has 0 spiro atoms. The molecule has 13 heavy (non-hydrogen) atoms. The van der Waals surface area contributed by atoms with Crippen molar-refractivity contribution in [2.45, 2.75) is 6.54 Å². The summed E-state index contributed by atoms with van der Waals surface area (Å²) in [6, 6.07) is 6.16. The molecule has 2 N–H and O–H groups in total. The van der Waals surface area contributed by atoms with Gasteiger partial charge < -0.3 is 10.0 Å². The number of hydrogen-bond donors (Lipinski definition) is 2. The normalized spacial score (nSPS) is 9.69. The standard InChI is InChI=1S/C7H8BNO4/c10-8(11)7-4-2-1-3-6(7)5-9(12)13/h1-4,10-11H,5H2. The topological polar surface area (TPSA) is 83.6 Å². The first kappa shape index (κ1) is 9.69. The maximum Gasteiger partial charge on any atom is 0.488 e. The predicted octanol–water partition coefficient (Wildman–Crippen LogP) is -0.857. The molecule has 6 heteroatoms. The van der Waals surface area contributed by atoms with Gasteiger partial charge in [0.15, 0.2) is 0 Å². The van der Waals surface area contributed by atoms with Crippen LogP contribution in [0.15, 0.2) is 24.3 Å². The van der Waals surface area contributed by atoms with E-state index in [-0.39, 0.29) is 5.46 Å². The van der Waals surface area contributed by atoms with Crippen LogP contribution in [0.3, 0.4) is 0 Å². The van der Waals surface area contributed by atoms with E-state index in [0.717, 1.165) is 0 Å². The average Bonchev–Trinajstić information content (AvgIpc) is 2.03. The molecule has 0 aliphatic rings. The third-order valence-electron chi connectivity index (χ3n) is 1.63. The van der Waals surface area contributed by atoms with Crippen LogP contribution in [0.5, 0.6) is 0 Å². The number of benzene rings is 1. The van der Waals surface area contributed by atoms with Crippen molar-refractivity contribution in [1.82, 2.24) is 0 Å². The smallest absolute Gasteiger partial charge is 0.423 e. The monoisotopic (exact) mass is 181 g/mol. The third kappa shape index (κ3) is 2.53. The molecule has 1 aromatic carbocycles. The van der Waals surface area contributed by atoms with Crippen LogP contribution in [0.25, 0.3) is 0 Å². The molecule has 0 bridgehead atoms. The quantitative estimate of drug-likeness (QED) is 0.361. The minimum atomic E-state index is -1.66. The van der Waals surface area contributed by atoms with Crippen molar-refractivity contribution >= 4 is 12.6 Å². The maximum absolute atomic E-state index is 10.2. The van der Waals surface area contributed by atoms with Crippen molar-refractivity contribution < 1.29 is 15.0 Å². The average molecular weight is 181 g/mol. The van der Waals surface area contributed by atoms with Crippen LogP contribution >= 0.6 is 0 Å². The van der Waals surface area contributed by atoms with Gasteiger partial charge in [0, 0.05) is 10.5 Å². The Morgan fingerprint density at radius 3 is 2.54 bits per heavy atom. The van der Waals surface area contributed by atoms with Gasteiger partial charge in [0.1, 0.15) is 0 Å². The van der Waals surface area contributed by atoms with Gasteiger partial charge in [-0.15, -0.1) is 0 Å². The SMILES string of the molecule is O=[N+]([O-])Cc1ccccc1B(O)O. The van der Waals surface area contributed by atoms with E-state index < -0.39 is 18.6 Å². The van der Waals surface area contributed by atoms with Crippen LogP contribution in [0, 0.1) is 10.1 Å². The molecule has 0 unspecified atom stereocenters.